The summed E-state index contributed by atoms with van der Waals surface area (Å²) < 4.78 is 32.6. The van der Waals surface area contributed by atoms with Crippen molar-refractivity contribution in [3.63, 3.8) is 0 Å². The van der Waals surface area contributed by atoms with Crippen LogP contribution in [0.25, 0.3) is 0 Å². The quantitative estimate of drug-likeness (QED) is 0.884. The summed E-state index contributed by atoms with van der Waals surface area (Å²) in [5, 5.41) is 2.79. The van der Waals surface area contributed by atoms with E-state index in [9.17, 15) is 13.2 Å². The Balaban J connectivity index is 1.84. The van der Waals surface area contributed by atoms with Crippen LogP contribution < -0.4 is 5.32 Å². The molecule has 6 nitrogen and oxygen atoms in total. The van der Waals surface area contributed by atoms with Crippen molar-refractivity contribution in [3.05, 3.63) is 46.9 Å². The van der Waals surface area contributed by atoms with E-state index < -0.39 is 10.0 Å². The number of rotatable bonds is 4. The Hall–Kier alpha value is -2.12. The van der Waals surface area contributed by atoms with Crippen molar-refractivity contribution >= 4 is 21.6 Å². The summed E-state index contributed by atoms with van der Waals surface area (Å²) >= 11 is 0. The lowest BCUT2D eigenvalue weighted by Gasteiger charge is -2.26. The number of benzene rings is 1. The van der Waals surface area contributed by atoms with Crippen LogP contribution in [0.5, 0.6) is 0 Å². The molecule has 1 aromatic heterocycles. The fourth-order valence-electron chi connectivity index (χ4n) is 3.31. The number of piperidine rings is 1. The zero-order valence-corrected chi connectivity index (χ0v) is 16.1. The van der Waals surface area contributed by atoms with Gasteiger partial charge in [-0.2, -0.15) is 4.31 Å². The maximum absolute atomic E-state index is 12.8. The van der Waals surface area contributed by atoms with E-state index in [1.807, 2.05) is 13.8 Å². The lowest BCUT2D eigenvalue weighted by Crippen LogP contribution is -2.35. The number of anilines is 1. The predicted molar refractivity (Wildman–Crippen MR) is 99.9 cm³/mol. The van der Waals surface area contributed by atoms with E-state index in [1.54, 1.807) is 25.1 Å². The van der Waals surface area contributed by atoms with Gasteiger partial charge in [-0.1, -0.05) is 12.5 Å². The van der Waals surface area contributed by atoms with Gasteiger partial charge >= 0.3 is 0 Å². The molecule has 26 heavy (non-hydrogen) atoms. The van der Waals surface area contributed by atoms with Crippen molar-refractivity contribution in [2.45, 2.75) is 44.9 Å². The van der Waals surface area contributed by atoms with Gasteiger partial charge in [0, 0.05) is 24.3 Å². The molecule has 2 aromatic rings. The van der Waals surface area contributed by atoms with Gasteiger partial charge in [0.2, 0.25) is 10.0 Å². The highest BCUT2D eigenvalue weighted by molar-refractivity contribution is 7.89. The first-order valence-corrected chi connectivity index (χ1v) is 10.2. The summed E-state index contributed by atoms with van der Waals surface area (Å²) in [7, 11) is -3.53. The molecule has 0 bridgehead atoms. The molecule has 1 amide bonds. The Morgan fingerprint density at radius 2 is 1.77 bits per heavy atom. The standard InChI is InChI=1S/C19H24N2O4S/c1-13-14(2)25-15(3)18(13)19(22)20-16-8-7-9-17(12-16)26(23,24)21-10-5-4-6-11-21/h7-9,12H,4-6,10-11H2,1-3H3,(H,20,22). The molecule has 1 aliphatic rings. The van der Waals surface area contributed by atoms with Crippen molar-refractivity contribution in [2.24, 2.45) is 0 Å². The smallest absolute Gasteiger partial charge is 0.259 e. The first-order chi connectivity index (χ1) is 12.3. The average molecular weight is 376 g/mol. The van der Waals surface area contributed by atoms with E-state index in [0.29, 0.717) is 35.9 Å². The predicted octanol–water partition coefficient (Wildman–Crippen LogP) is 3.63. The molecule has 0 atom stereocenters. The van der Waals surface area contributed by atoms with Gasteiger partial charge in [-0.25, -0.2) is 8.42 Å². The molecule has 1 aromatic carbocycles. The Bertz CT molecular complexity index is 925. The summed E-state index contributed by atoms with van der Waals surface area (Å²) in [5.74, 6) is 0.952. The SMILES string of the molecule is Cc1oc(C)c(C(=O)Nc2cccc(S(=O)(=O)N3CCCCC3)c2)c1C. The highest BCUT2D eigenvalue weighted by Crippen LogP contribution is 2.25. The van der Waals surface area contributed by atoms with Crippen LogP contribution in [-0.2, 0) is 10.0 Å². The van der Waals surface area contributed by atoms with Gasteiger partial charge in [0.15, 0.2) is 0 Å². The lowest BCUT2D eigenvalue weighted by molar-refractivity contribution is 0.102. The Morgan fingerprint density at radius 1 is 1.08 bits per heavy atom. The molecule has 0 aliphatic carbocycles. The van der Waals surface area contributed by atoms with Crippen LogP contribution in [0.4, 0.5) is 5.69 Å². The molecule has 1 N–H and O–H groups in total. The normalized spacial score (nSPS) is 15.8. The van der Waals surface area contributed by atoms with Crippen LogP contribution >= 0.6 is 0 Å². The van der Waals surface area contributed by atoms with Crippen molar-refractivity contribution in [1.82, 2.24) is 4.31 Å². The first-order valence-electron chi connectivity index (χ1n) is 8.79. The minimum Gasteiger partial charge on any atom is -0.466 e. The third-order valence-electron chi connectivity index (χ3n) is 4.83. The van der Waals surface area contributed by atoms with Gasteiger partial charge < -0.3 is 9.73 Å². The van der Waals surface area contributed by atoms with Crippen molar-refractivity contribution in [1.29, 1.82) is 0 Å². The molecule has 7 heteroatoms. The number of furan rings is 1. The summed E-state index contributed by atoms with van der Waals surface area (Å²) in [4.78, 5) is 12.8. The van der Waals surface area contributed by atoms with Gasteiger partial charge in [0.25, 0.3) is 5.91 Å². The number of hydrogen-bond donors (Lipinski definition) is 1. The Morgan fingerprint density at radius 3 is 2.38 bits per heavy atom. The van der Waals surface area contributed by atoms with E-state index in [0.717, 1.165) is 24.8 Å². The number of aryl methyl sites for hydroxylation is 2. The summed E-state index contributed by atoms with van der Waals surface area (Å²) in [6, 6.07) is 6.41. The van der Waals surface area contributed by atoms with E-state index in [4.69, 9.17) is 4.42 Å². The molecular formula is C19H24N2O4S. The number of carbonyl (C=O) groups is 1. The van der Waals surface area contributed by atoms with Crippen molar-refractivity contribution in [3.8, 4) is 0 Å². The van der Waals surface area contributed by atoms with E-state index in [-0.39, 0.29) is 10.8 Å². The van der Waals surface area contributed by atoms with E-state index in [2.05, 4.69) is 5.32 Å². The van der Waals surface area contributed by atoms with Crippen LogP contribution in [0, 0.1) is 20.8 Å². The molecule has 1 saturated heterocycles. The van der Waals surface area contributed by atoms with Crippen LogP contribution in [0.2, 0.25) is 0 Å². The largest absolute Gasteiger partial charge is 0.466 e. The van der Waals surface area contributed by atoms with Gasteiger partial charge in [0.1, 0.15) is 11.5 Å². The van der Waals surface area contributed by atoms with Gasteiger partial charge in [-0.3, -0.25) is 4.79 Å². The van der Waals surface area contributed by atoms with Gasteiger partial charge in [0.05, 0.1) is 10.5 Å². The first kappa shape index (κ1) is 18.7. The monoisotopic (exact) mass is 376 g/mol. The Labute approximate surface area is 154 Å². The minimum absolute atomic E-state index is 0.203. The highest BCUT2D eigenvalue weighted by atomic mass is 32.2. The molecule has 2 heterocycles. The zero-order chi connectivity index (χ0) is 18.9. The van der Waals surface area contributed by atoms with Crippen LogP contribution in [0.1, 0.15) is 46.7 Å². The molecule has 1 fully saturated rings. The van der Waals surface area contributed by atoms with Crippen LogP contribution in [0.15, 0.2) is 33.6 Å². The molecular weight excluding hydrogens is 352 g/mol. The number of carbonyl (C=O) groups excluding carboxylic acids is 1. The third-order valence-corrected chi connectivity index (χ3v) is 6.73. The van der Waals surface area contributed by atoms with E-state index in [1.165, 1.54) is 10.4 Å². The second-order valence-corrected chi connectivity index (χ2v) is 8.60. The average Bonchev–Trinajstić information content (AvgIpc) is 2.88. The lowest BCUT2D eigenvalue weighted by atomic mass is 10.1. The Kier molecular flexibility index (Phi) is 5.20. The van der Waals surface area contributed by atoms with Crippen LogP contribution in [-0.4, -0.2) is 31.7 Å². The zero-order valence-electron chi connectivity index (χ0n) is 15.3. The molecule has 1 aliphatic heterocycles. The summed E-state index contributed by atoms with van der Waals surface area (Å²) in [6.45, 7) is 6.48. The summed E-state index contributed by atoms with van der Waals surface area (Å²) in [5.41, 5.74) is 1.73. The third kappa shape index (κ3) is 3.54. The number of amides is 1. The molecule has 0 saturated carbocycles. The summed E-state index contributed by atoms with van der Waals surface area (Å²) in [6.07, 6.45) is 2.83. The molecule has 140 valence electrons. The van der Waals surface area contributed by atoms with Crippen molar-refractivity contribution < 1.29 is 17.6 Å². The molecule has 0 spiro atoms. The fraction of sp³-hybridized carbons (Fsp3) is 0.421. The van der Waals surface area contributed by atoms with Crippen LogP contribution in [0.3, 0.4) is 0 Å². The second-order valence-electron chi connectivity index (χ2n) is 6.66. The van der Waals surface area contributed by atoms with Gasteiger partial charge in [-0.05, 0) is 51.8 Å². The molecule has 0 unspecified atom stereocenters. The second kappa shape index (κ2) is 7.25. The highest BCUT2D eigenvalue weighted by Gasteiger charge is 2.26. The molecule has 3 rings (SSSR count). The van der Waals surface area contributed by atoms with Gasteiger partial charge in [-0.15, -0.1) is 0 Å². The van der Waals surface area contributed by atoms with E-state index >= 15 is 0 Å². The topological polar surface area (TPSA) is 79.6 Å². The maximum atomic E-state index is 12.8. The minimum atomic E-state index is -3.53. The van der Waals surface area contributed by atoms with Crippen molar-refractivity contribution in [2.75, 3.05) is 18.4 Å². The number of hydrogen-bond acceptors (Lipinski definition) is 4. The number of nitrogens with one attached hydrogen (secondary N) is 1. The fourth-order valence-corrected chi connectivity index (χ4v) is 4.87. The molecule has 0 radical (unpaired) electrons. The number of nitrogens with zero attached hydrogens (tertiary/aromatic N) is 1. The number of sulfonamides is 1. The maximum Gasteiger partial charge on any atom is 0.259 e.